The first-order valence-electron chi connectivity index (χ1n) is 9.72. The zero-order valence-corrected chi connectivity index (χ0v) is 18.9. The molecule has 0 aliphatic heterocycles. The summed E-state index contributed by atoms with van der Waals surface area (Å²) in [7, 11) is -4.29. The molecule has 1 aliphatic rings. The highest BCUT2D eigenvalue weighted by atomic mass is 32.2. The predicted molar refractivity (Wildman–Crippen MR) is 116 cm³/mol. The average molecular weight is 450 g/mol. The van der Waals surface area contributed by atoms with E-state index in [1.807, 2.05) is 13.8 Å². The Morgan fingerprint density at radius 1 is 1.43 bits per heavy atom. The summed E-state index contributed by atoms with van der Waals surface area (Å²) in [5.74, 6) is 0.886. The van der Waals surface area contributed by atoms with E-state index in [2.05, 4.69) is 15.6 Å². The first-order chi connectivity index (χ1) is 13.4. The second-order valence-electron chi connectivity index (χ2n) is 6.89. The molecule has 0 spiro atoms. The molecule has 0 bridgehead atoms. The van der Waals surface area contributed by atoms with E-state index >= 15 is 0 Å². The summed E-state index contributed by atoms with van der Waals surface area (Å²) in [5, 5.41) is 18.6. The number of rotatable bonds is 9. The first-order valence-corrected chi connectivity index (χ1v) is 13.6. The second kappa shape index (κ2) is 11.3. The van der Waals surface area contributed by atoms with E-state index in [0.717, 1.165) is 37.0 Å². The standard InChI is InChI=1S/C18H31N3O4S3/c1-3-19-18(21-14-7-5-8-16(11-14)27(23)4-2)20-12-15(22)13-28(24,25)17-9-6-10-26-17/h6,9-10,14-16,22H,3-5,7-8,11-13H2,1-2H3,(H2,19,20,21). The van der Waals surface area contributed by atoms with Gasteiger partial charge in [-0.05, 0) is 37.6 Å². The van der Waals surface area contributed by atoms with Crippen molar-refractivity contribution in [1.29, 1.82) is 0 Å². The summed E-state index contributed by atoms with van der Waals surface area (Å²) >= 11 is 1.15. The Hall–Kier alpha value is -0.970. The SMILES string of the molecule is CCNC(=NCC(O)CS(=O)(=O)c1cccs1)NC1CCCC(S(=O)CC)C1. The molecule has 2 rings (SSSR count). The molecule has 28 heavy (non-hydrogen) atoms. The summed E-state index contributed by atoms with van der Waals surface area (Å²) in [5.41, 5.74) is 0. The number of aliphatic hydroxyl groups is 1. The molecule has 4 unspecified atom stereocenters. The van der Waals surface area contributed by atoms with Crippen LogP contribution in [0.5, 0.6) is 0 Å². The van der Waals surface area contributed by atoms with E-state index in [1.165, 1.54) is 0 Å². The van der Waals surface area contributed by atoms with E-state index in [-0.39, 0.29) is 27.8 Å². The van der Waals surface area contributed by atoms with Gasteiger partial charge in [-0.2, -0.15) is 0 Å². The molecule has 1 fully saturated rings. The molecule has 7 nitrogen and oxygen atoms in total. The fraction of sp³-hybridized carbons (Fsp3) is 0.722. The summed E-state index contributed by atoms with van der Waals surface area (Å²) in [6.07, 6.45) is 2.76. The summed E-state index contributed by atoms with van der Waals surface area (Å²) in [6.45, 7) is 4.55. The third-order valence-electron chi connectivity index (χ3n) is 4.64. The number of nitrogens with one attached hydrogen (secondary N) is 2. The van der Waals surface area contributed by atoms with Crippen molar-refractivity contribution in [3.8, 4) is 0 Å². The molecule has 1 saturated carbocycles. The third-order valence-corrected chi connectivity index (χ3v) is 9.67. The largest absolute Gasteiger partial charge is 0.390 e. The fourth-order valence-electron chi connectivity index (χ4n) is 3.29. The molecule has 0 radical (unpaired) electrons. The number of nitrogens with zero attached hydrogens (tertiary/aromatic N) is 1. The van der Waals surface area contributed by atoms with Gasteiger partial charge in [0.1, 0.15) is 4.21 Å². The van der Waals surface area contributed by atoms with E-state index < -0.39 is 26.7 Å². The number of guanidine groups is 1. The lowest BCUT2D eigenvalue weighted by Gasteiger charge is -2.30. The summed E-state index contributed by atoms with van der Waals surface area (Å²) < 4.78 is 36.9. The lowest BCUT2D eigenvalue weighted by atomic mass is 9.95. The molecule has 1 aromatic rings. The van der Waals surface area contributed by atoms with Crippen LogP contribution in [0.4, 0.5) is 0 Å². The molecule has 3 N–H and O–H groups in total. The Bertz CT molecular complexity index is 750. The normalized spacial score (nSPS) is 23.2. The molecule has 160 valence electrons. The monoisotopic (exact) mass is 449 g/mol. The van der Waals surface area contributed by atoms with Gasteiger partial charge in [0.15, 0.2) is 15.8 Å². The van der Waals surface area contributed by atoms with E-state index in [4.69, 9.17) is 0 Å². The molecule has 0 aromatic carbocycles. The van der Waals surface area contributed by atoms with Crippen LogP contribution in [0, 0.1) is 0 Å². The number of sulfone groups is 1. The van der Waals surface area contributed by atoms with Crippen molar-refractivity contribution in [3.63, 3.8) is 0 Å². The quantitative estimate of drug-likeness (QED) is 0.390. The van der Waals surface area contributed by atoms with Gasteiger partial charge in [0.2, 0.25) is 0 Å². The Morgan fingerprint density at radius 2 is 2.21 bits per heavy atom. The highest BCUT2D eigenvalue weighted by Crippen LogP contribution is 2.23. The van der Waals surface area contributed by atoms with Gasteiger partial charge in [0, 0.05) is 34.4 Å². The Kier molecular flexibility index (Phi) is 9.39. The molecule has 0 saturated heterocycles. The van der Waals surface area contributed by atoms with Crippen molar-refractivity contribution >= 4 is 37.9 Å². The van der Waals surface area contributed by atoms with Gasteiger partial charge in [0.25, 0.3) is 0 Å². The molecule has 1 aliphatic carbocycles. The van der Waals surface area contributed by atoms with Gasteiger partial charge in [-0.3, -0.25) is 9.20 Å². The molecule has 1 heterocycles. The predicted octanol–water partition coefficient (Wildman–Crippen LogP) is 1.52. The maximum absolute atomic E-state index is 12.3. The zero-order chi connectivity index (χ0) is 20.6. The highest BCUT2D eigenvalue weighted by molar-refractivity contribution is 7.93. The third kappa shape index (κ3) is 7.13. The van der Waals surface area contributed by atoms with Crippen LogP contribution in [0.25, 0.3) is 0 Å². The van der Waals surface area contributed by atoms with Crippen LogP contribution in [-0.4, -0.2) is 65.7 Å². The fourth-order valence-corrected chi connectivity index (χ4v) is 7.10. The lowest BCUT2D eigenvalue weighted by Crippen LogP contribution is -2.47. The van der Waals surface area contributed by atoms with E-state index in [0.29, 0.717) is 18.3 Å². The number of hydrogen-bond acceptors (Lipinski definition) is 6. The number of aliphatic hydroxyl groups excluding tert-OH is 1. The van der Waals surface area contributed by atoms with Crippen LogP contribution in [-0.2, 0) is 20.6 Å². The van der Waals surface area contributed by atoms with Gasteiger partial charge >= 0.3 is 0 Å². The van der Waals surface area contributed by atoms with Crippen molar-refractivity contribution in [2.75, 3.05) is 24.6 Å². The molecule has 1 aromatic heterocycles. The molecule has 10 heteroatoms. The van der Waals surface area contributed by atoms with Crippen LogP contribution in [0.1, 0.15) is 39.5 Å². The number of thiophene rings is 1. The van der Waals surface area contributed by atoms with Crippen LogP contribution >= 0.6 is 11.3 Å². The Balaban J connectivity index is 1.93. The second-order valence-corrected chi connectivity index (χ2v) is 12.1. The van der Waals surface area contributed by atoms with Crippen LogP contribution in [0.2, 0.25) is 0 Å². The van der Waals surface area contributed by atoms with Crippen molar-refractivity contribution in [3.05, 3.63) is 17.5 Å². The summed E-state index contributed by atoms with van der Waals surface area (Å²) in [4.78, 5) is 4.37. The van der Waals surface area contributed by atoms with Gasteiger partial charge in [-0.25, -0.2) is 8.42 Å². The number of aliphatic imine (C=N–C) groups is 1. The van der Waals surface area contributed by atoms with Crippen molar-refractivity contribution < 1.29 is 17.7 Å². The number of hydrogen-bond donors (Lipinski definition) is 3. The Morgan fingerprint density at radius 3 is 2.86 bits per heavy atom. The first kappa shape index (κ1) is 23.3. The highest BCUT2D eigenvalue weighted by Gasteiger charge is 2.26. The lowest BCUT2D eigenvalue weighted by molar-refractivity contribution is 0.206. The topological polar surface area (TPSA) is 108 Å². The van der Waals surface area contributed by atoms with Crippen molar-refractivity contribution in [2.45, 2.75) is 61.1 Å². The van der Waals surface area contributed by atoms with Crippen LogP contribution in [0.15, 0.2) is 26.7 Å². The maximum Gasteiger partial charge on any atom is 0.191 e. The van der Waals surface area contributed by atoms with Gasteiger partial charge in [0.05, 0.1) is 18.4 Å². The molecule has 0 amide bonds. The van der Waals surface area contributed by atoms with Crippen molar-refractivity contribution in [2.24, 2.45) is 4.99 Å². The Labute approximate surface area is 174 Å². The van der Waals surface area contributed by atoms with Crippen LogP contribution in [0.3, 0.4) is 0 Å². The van der Waals surface area contributed by atoms with Gasteiger partial charge < -0.3 is 15.7 Å². The minimum atomic E-state index is -3.50. The van der Waals surface area contributed by atoms with E-state index in [1.54, 1.807) is 17.5 Å². The van der Waals surface area contributed by atoms with Gasteiger partial charge in [-0.1, -0.05) is 19.4 Å². The summed E-state index contributed by atoms with van der Waals surface area (Å²) in [6, 6.07) is 3.40. The zero-order valence-electron chi connectivity index (χ0n) is 16.5. The molecule has 4 atom stereocenters. The van der Waals surface area contributed by atoms with Crippen LogP contribution < -0.4 is 10.6 Å². The molecular weight excluding hydrogens is 418 g/mol. The van der Waals surface area contributed by atoms with Crippen molar-refractivity contribution in [1.82, 2.24) is 10.6 Å². The maximum atomic E-state index is 12.3. The average Bonchev–Trinajstić information content (AvgIpc) is 3.21. The van der Waals surface area contributed by atoms with E-state index in [9.17, 15) is 17.7 Å². The smallest absolute Gasteiger partial charge is 0.191 e. The minimum Gasteiger partial charge on any atom is -0.390 e. The van der Waals surface area contributed by atoms with Gasteiger partial charge in [-0.15, -0.1) is 11.3 Å². The molecular formula is C18H31N3O4S3. The minimum absolute atomic E-state index is 0.00300.